The zero-order valence-corrected chi connectivity index (χ0v) is 19.0. The van der Waals surface area contributed by atoms with E-state index in [2.05, 4.69) is 45.1 Å². The van der Waals surface area contributed by atoms with Crippen molar-refractivity contribution in [1.29, 1.82) is 0 Å². The fourth-order valence-electron chi connectivity index (χ4n) is 3.17. The van der Waals surface area contributed by atoms with E-state index in [0.29, 0.717) is 17.4 Å². The van der Waals surface area contributed by atoms with Crippen molar-refractivity contribution in [1.82, 2.24) is 4.68 Å². The van der Waals surface area contributed by atoms with Crippen molar-refractivity contribution in [3.63, 3.8) is 0 Å². The lowest BCUT2D eigenvalue weighted by atomic mass is 10.1. The topological polar surface area (TPSA) is 68.0 Å². The molecule has 2 aromatic carbocycles. The minimum atomic E-state index is -0.150. The van der Waals surface area contributed by atoms with Gasteiger partial charge in [0.05, 0.1) is 17.1 Å². The molecule has 6 nitrogen and oxygen atoms in total. The van der Waals surface area contributed by atoms with E-state index in [1.807, 2.05) is 40.5 Å². The molecule has 0 saturated heterocycles. The van der Waals surface area contributed by atoms with Gasteiger partial charge >= 0.3 is 0 Å². The number of aryl methyl sites for hydroxylation is 2. The molecule has 1 amide bonds. The van der Waals surface area contributed by atoms with Crippen LogP contribution in [0, 0.1) is 19.8 Å². The lowest BCUT2D eigenvalue weighted by Gasteiger charge is -2.18. The molecule has 0 saturated carbocycles. The average molecular weight is 435 g/mol. The second kappa shape index (κ2) is 8.89. The lowest BCUT2D eigenvalue weighted by molar-refractivity contribution is -0.118. The fraction of sp³-hybridized carbons (Fsp3) is 0.292. The van der Waals surface area contributed by atoms with E-state index in [1.54, 1.807) is 0 Å². The maximum Gasteiger partial charge on any atom is 0.262 e. The van der Waals surface area contributed by atoms with Gasteiger partial charge < -0.3 is 10.1 Å². The number of nitrogens with zero attached hydrogens (tertiary/aromatic N) is 3. The summed E-state index contributed by atoms with van der Waals surface area (Å²) in [5.74, 6) is 1.04. The maximum atomic E-state index is 11.7. The Morgan fingerprint density at radius 1 is 1.19 bits per heavy atom. The van der Waals surface area contributed by atoms with E-state index in [0.717, 1.165) is 28.2 Å². The first-order chi connectivity index (χ1) is 14.9. The molecule has 31 heavy (non-hydrogen) atoms. The molecule has 2 heterocycles. The van der Waals surface area contributed by atoms with E-state index in [1.165, 1.54) is 22.5 Å². The van der Waals surface area contributed by atoms with Crippen molar-refractivity contribution >= 4 is 34.8 Å². The van der Waals surface area contributed by atoms with Crippen LogP contribution in [-0.4, -0.2) is 23.4 Å². The number of anilines is 1. The number of rotatable bonds is 5. The van der Waals surface area contributed by atoms with Crippen LogP contribution >= 0.6 is 11.3 Å². The molecule has 0 radical (unpaired) electrons. The molecular formula is C24H26N4O2S. The molecule has 0 fully saturated rings. The van der Waals surface area contributed by atoms with Crippen molar-refractivity contribution < 1.29 is 9.53 Å². The quantitative estimate of drug-likeness (QED) is 0.555. The molecule has 1 aliphatic heterocycles. The monoisotopic (exact) mass is 434 g/mol. The van der Waals surface area contributed by atoms with Crippen LogP contribution < -0.4 is 14.9 Å². The Kier molecular flexibility index (Phi) is 6.04. The molecule has 1 aliphatic rings. The molecule has 0 aliphatic carbocycles. The largest absolute Gasteiger partial charge is 0.482 e. The van der Waals surface area contributed by atoms with Gasteiger partial charge in [0, 0.05) is 17.2 Å². The van der Waals surface area contributed by atoms with Crippen LogP contribution in [0.25, 0.3) is 11.3 Å². The molecule has 160 valence electrons. The summed E-state index contributed by atoms with van der Waals surface area (Å²) < 4.78 is 7.36. The zero-order valence-electron chi connectivity index (χ0n) is 18.2. The number of ether oxygens (including phenoxy) is 1. The van der Waals surface area contributed by atoms with E-state index >= 15 is 0 Å². The highest BCUT2D eigenvalue weighted by Gasteiger charge is 2.17. The normalized spacial score (nSPS) is 14.1. The average Bonchev–Trinajstić information content (AvgIpc) is 3.12. The third-order valence-corrected chi connectivity index (χ3v) is 5.90. The second-order valence-corrected chi connectivity index (χ2v) is 8.91. The smallest absolute Gasteiger partial charge is 0.262 e. The minimum absolute atomic E-state index is 0.0449. The number of benzene rings is 2. The predicted molar refractivity (Wildman–Crippen MR) is 126 cm³/mol. The van der Waals surface area contributed by atoms with Gasteiger partial charge in [-0.25, -0.2) is 9.67 Å². The summed E-state index contributed by atoms with van der Waals surface area (Å²) in [5, 5.41) is 9.65. The van der Waals surface area contributed by atoms with Crippen LogP contribution in [0.15, 0.2) is 51.9 Å². The number of fused-ring (bicyclic) bond motifs is 1. The van der Waals surface area contributed by atoms with Gasteiger partial charge in [0.1, 0.15) is 5.75 Å². The summed E-state index contributed by atoms with van der Waals surface area (Å²) in [6, 6.07) is 12.0. The molecule has 0 atom stereocenters. The van der Waals surface area contributed by atoms with Crippen LogP contribution in [0.1, 0.15) is 31.4 Å². The number of thiazole rings is 1. The van der Waals surface area contributed by atoms with E-state index in [-0.39, 0.29) is 12.5 Å². The number of hydrogen-bond donors (Lipinski definition) is 1. The number of aromatic nitrogens is 1. The summed E-state index contributed by atoms with van der Waals surface area (Å²) >= 11 is 1.54. The van der Waals surface area contributed by atoms with Crippen molar-refractivity contribution in [2.75, 3.05) is 11.9 Å². The van der Waals surface area contributed by atoms with Crippen LogP contribution in [0.5, 0.6) is 5.75 Å². The maximum absolute atomic E-state index is 11.7. The summed E-state index contributed by atoms with van der Waals surface area (Å²) in [5.41, 5.74) is 5.87. The first kappa shape index (κ1) is 21.1. The highest BCUT2D eigenvalue weighted by Crippen LogP contribution is 2.33. The Labute approximate surface area is 185 Å². The van der Waals surface area contributed by atoms with E-state index in [9.17, 15) is 4.79 Å². The van der Waals surface area contributed by atoms with Gasteiger partial charge in [-0.05, 0) is 67.6 Å². The molecule has 4 rings (SSSR count). The van der Waals surface area contributed by atoms with Gasteiger partial charge in [-0.2, -0.15) is 5.10 Å². The van der Waals surface area contributed by atoms with Crippen molar-refractivity contribution in [2.45, 2.75) is 34.1 Å². The van der Waals surface area contributed by atoms with Crippen LogP contribution in [0.3, 0.4) is 0 Å². The summed E-state index contributed by atoms with van der Waals surface area (Å²) in [7, 11) is 0. The van der Waals surface area contributed by atoms with Crippen molar-refractivity contribution in [2.24, 2.45) is 16.0 Å². The van der Waals surface area contributed by atoms with Gasteiger partial charge in [-0.1, -0.05) is 19.9 Å². The molecule has 3 aromatic rings. The molecule has 1 aromatic heterocycles. The number of nitrogens with one attached hydrogen (secondary N) is 1. The molecule has 7 heteroatoms. The highest BCUT2D eigenvalue weighted by atomic mass is 32.1. The number of hydrogen-bond acceptors (Lipinski definition) is 5. The molecular weight excluding hydrogens is 408 g/mol. The van der Waals surface area contributed by atoms with Gasteiger partial charge in [-0.15, -0.1) is 11.3 Å². The number of amides is 1. The Balaban J connectivity index is 1.80. The van der Waals surface area contributed by atoms with Gasteiger partial charge in [0.25, 0.3) is 5.91 Å². The lowest BCUT2D eigenvalue weighted by Crippen LogP contribution is -2.25. The standard InChI is InChI=1S/C24H26N4O2S/c1-15(2)9-10-25-28-21(18-6-8-22-20(12-18)27-23(29)13-30-22)14-31-24(28)26-19-7-5-16(3)17(4)11-19/h5-8,10-12,14-15H,9,13H2,1-4H3,(H,27,29). The van der Waals surface area contributed by atoms with Gasteiger partial charge in [0.15, 0.2) is 6.61 Å². The number of carbonyl (C=O) groups is 1. The predicted octanol–water partition coefficient (Wildman–Crippen LogP) is 5.28. The molecule has 0 unspecified atom stereocenters. The Morgan fingerprint density at radius 3 is 2.81 bits per heavy atom. The van der Waals surface area contributed by atoms with Crippen LogP contribution in [0.2, 0.25) is 0 Å². The van der Waals surface area contributed by atoms with Crippen LogP contribution in [-0.2, 0) is 4.79 Å². The van der Waals surface area contributed by atoms with Crippen molar-refractivity contribution in [3.05, 3.63) is 57.7 Å². The molecule has 0 spiro atoms. The second-order valence-electron chi connectivity index (χ2n) is 8.07. The molecule has 1 N–H and O–H groups in total. The minimum Gasteiger partial charge on any atom is -0.482 e. The summed E-state index contributed by atoms with van der Waals surface area (Å²) in [6.45, 7) is 8.56. The third-order valence-electron chi connectivity index (χ3n) is 5.08. The van der Waals surface area contributed by atoms with Crippen LogP contribution in [0.4, 0.5) is 11.4 Å². The Bertz CT molecular complexity index is 1220. The van der Waals surface area contributed by atoms with Crippen molar-refractivity contribution in [3.8, 4) is 17.0 Å². The van der Waals surface area contributed by atoms with E-state index in [4.69, 9.17) is 14.8 Å². The highest BCUT2D eigenvalue weighted by molar-refractivity contribution is 7.07. The zero-order chi connectivity index (χ0) is 22.0. The van der Waals surface area contributed by atoms with Gasteiger partial charge in [-0.3, -0.25) is 4.79 Å². The third kappa shape index (κ3) is 4.77. The Hall–Kier alpha value is -3.19. The SMILES string of the molecule is Cc1ccc(N=c2scc(-c3ccc4c(c3)NC(=O)CO4)n2N=CCC(C)C)cc1C. The summed E-state index contributed by atoms with van der Waals surface area (Å²) in [6.07, 6.45) is 2.81. The first-order valence-electron chi connectivity index (χ1n) is 10.3. The molecule has 0 bridgehead atoms. The first-order valence-corrected chi connectivity index (χ1v) is 11.2. The van der Waals surface area contributed by atoms with Gasteiger partial charge in [0.2, 0.25) is 4.80 Å². The number of carbonyl (C=O) groups excluding carboxylic acids is 1. The Morgan fingerprint density at radius 2 is 2.03 bits per heavy atom. The fourth-order valence-corrected chi connectivity index (χ4v) is 4.03. The summed E-state index contributed by atoms with van der Waals surface area (Å²) in [4.78, 5) is 17.4. The van der Waals surface area contributed by atoms with E-state index < -0.39 is 0 Å².